The molecule has 2 aromatic carbocycles. The largest absolute Gasteiger partial charge is 0.508 e. The van der Waals surface area contributed by atoms with Crippen LogP contribution >= 0.6 is 11.6 Å². The fraction of sp³-hybridized carbons (Fsp3) is 0.235. The number of phenols is 1. The first-order chi connectivity index (χ1) is 10.6. The first kappa shape index (κ1) is 14.7. The van der Waals surface area contributed by atoms with Gasteiger partial charge in [-0.2, -0.15) is 0 Å². The second-order valence-electron chi connectivity index (χ2n) is 5.14. The minimum Gasteiger partial charge on any atom is -0.508 e. The van der Waals surface area contributed by atoms with E-state index in [1.165, 1.54) is 12.1 Å². The molecule has 2 unspecified atom stereocenters. The van der Waals surface area contributed by atoms with E-state index < -0.39 is 11.3 Å². The highest BCUT2D eigenvalue weighted by atomic mass is 35.5. The van der Waals surface area contributed by atoms with Gasteiger partial charge in [0.25, 0.3) is 0 Å². The highest BCUT2D eigenvalue weighted by Gasteiger charge is 2.35. The third-order valence-electron chi connectivity index (χ3n) is 3.76. The molecule has 4 nitrogen and oxygen atoms in total. The van der Waals surface area contributed by atoms with Gasteiger partial charge in [0.05, 0.1) is 18.4 Å². The number of alkyl halides is 1. The van der Waals surface area contributed by atoms with Crippen molar-refractivity contribution in [2.75, 3.05) is 13.7 Å². The van der Waals surface area contributed by atoms with Gasteiger partial charge in [0.2, 0.25) is 0 Å². The Morgan fingerprint density at radius 2 is 2.14 bits per heavy atom. The lowest BCUT2D eigenvalue weighted by Gasteiger charge is -2.29. The van der Waals surface area contributed by atoms with Crippen molar-refractivity contribution >= 4 is 17.4 Å². The standard InChI is InChI=1S/C17H15ClO4/c1-21-12-4-2-3-10(7-12)17(20)14-9-22-15-8-11(19)5-6-13(15)16(14)18/h2-8,14,16,19H,9H2,1H3. The van der Waals surface area contributed by atoms with Gasteiger partial charge in [0, 0.05) is 17.2 Å². The Hall–Kier alpha value is -2.20. The minimum absolute atomic E-state index is 0.0855. The van der Waals surface area contributed by atoms with Gasteiger partial charge in [-0.15, -0.1) is 11.6 Å². The molecule has 0 aliphatic carbocycles. The van der Waals surface area contributed by atoms with Gasteiger partial charge < -0.3 is 14.6 Å². The molecule has 1 aliphatic rings. The number of phenolic OH excluding ortho intramolecular Hbond substituents is 1. The van der Waals surface area contributed by atoms with Crippen molar-refractivity contribution in [3.63, 3.8) is 0 Å². The summed E-state index contributed by atoms with van der Waals surface area (Å²) in [5.74, 6) is 0.692. The van der Waals surface area contributed by atoms with E-state index >= 15 is 0 Å². The number of benzene rings is 2. The number of fused-ring (bicyclic) bond motifs is 1. The first-order valence-corrected chi connectivity index (χ1v) is 7.32. The number of carbonyl (C=O) groups excluding carboxylic acids is 1. The summed E-state index contributed by atoms with van der Waals surface area (Å²) in [6.45, 7) is 0.181. The highest BCUT2D eigenvalue weighted by molar-refractivity contribution is 6.23. The maximum absolute atomic E-state index is 12.7. The number of Topliss-reactive ketones (excluding diaryl/α,β-unsaturated/α-hetero) is 1. The van der Waals surface area contributed by atoms with Crippen LogP contribution in [0.25, 0.3) is 0 Å². The van der Waals surface area contributed by atoms with Gasteiger partial charge >= 0.3 is 0 Å². The third-order valence-corrected chi connectivity index (χ3v) is 4.30. The summed E-state index contributed by atoms with van der Waals surface area (Å²) in [6, 6.07) is 11.7. The van der Waals surface area contributed by atoms with Crippen LogP contribution < -0.4 is 9.47 Å². The van der Waals surface area contributed by atoms with E-state index in [1.807, 2.05) is 0 Å². The van der Waals surface area contributed by atoms with Crippen molar-refractivity contribution in [3.8, 4) is 17.2 Å². The third kappa shape index (κ3) is 2.62. The number of ether oxygens (including phenoxy) is 2. The van der Waals surface area contributed by atoms with Crippen LogP contribution in [-0.4, -0.2) is 24.6 Å². The molecule has 5 heteroatoms. The van der Waals surface area contributed by atoms with Crippen LogP contribution in [0.15, 0.2) is 42.5 Å². The zero-order valence-corrected chi connectivity index (χ0v) is 12.7. The number of aromatic hydroxyl groups is 1. The fourth-order valence-electron chi connectivity index (χ4n) is 2.56. The number of carbonyl (C=O) groups is 1. The molecule has 1 N–H and O–H groups in total. The van der Waals surface area contributed by atoms with Crippen molar-refractivity contribution in [2.45, 2.75) is 5.38 Å². The quantitative estimate of drug-likeness (QED) is 0.694. The van der Waals surface area contributed by atoms with Crippen molar-refractivity contribution in [2.24, 2.45) is 5.92 Å². The first-order valence-electron chi connectivity index (χ1n) is 6.88. The molecular weight excluding hydrogens is 304 g/mol. The zero-order valence-electron chi connectivity index (χ0n) is 12.0. The summed E-state index contributed by atoms with van der Waals surface area (Å²) in [5.41, 5.74) is 1.26. The number of hydrogen-bond acceptors (Lipinski definition) is 4. The Kier molecular flexibility index (Phi) is 3.94. The van der Waals surface area contributed by atoms with Crippen LogP contribution in [0.2, 0.25) is 0 Å². The fourth-order valence-corrected chi connectivity index (χ4v) is 2.92. The molecule has 1 aliphatic heterocycles. The zero-order chi connectivity index (χ0) is 15.7. The molecule has 0 spiro atoms. The smallest absolute Gasteiger partial charge is 0.171 e. The molecule has 0 saturated carbocycles. The summed E-state index contributed by atoms with van der Waals surface area (Å²) >= 11 is 6.47. The van der Waals surface area contributed by atoms with Gasteiger partial charge in [-0.25, -0.2) is 0 Å². The number of methoxy groups -OCH3 is 1. The molecule has 2 aromatic rings. The van der Waals surface area contributed by atoms with E-state index in [0.29, 0.717) is 22.6 Å². The second kappa shape index (κ2) is 5.89. The molecule has 114 valence electrons. The van der Waals surface area contributed by atoms with Crippen LogP contribution in [0.5, 0.6) is 17.2 Å². The topological polar surface area (TPSA) is 55.8 Å². The lowest BCUT2D eigenvalue weighted by molar-refractivity contribution is 0.0848. The van der Waals surface area contributed by atoms with Gasteiger partial charge in [0.15, 0.2) is 5.78 Å². The van der Waals surface area contributed by atoms with Gasteiger partial charge in [0.1, 0.15) is 23.9 Å². The van der Waals surface area contributed by atoms with Crippen molar-refractivity contribution in [1.82, 2.24) is 0 Å². The van der Waals surface area contributed by atoms with E-state index in [4.69, 9.17) is 21.1 Å². The molecule has 0 saturated heterocycles. The Morgan fingerprint density at radius 3 is 2.91 bits per heavy atom. The predicted octanol–water partition coefficient (Wildman–Crippen LogP) is 3.57. The van der Waals surface area contributed by atoms with E-state index in [0.717, 1.165) is 0 Å². The van der Waals surface area contributed by atoms with Gasteiger partial charge in [-0.3, -0.25) is 4.79 Å². The van der Waals surface area contributed by atoms with Crippen molar-refractivity contribution in [3.05, 3.63) is 53.6 Å². The molecule has 0 bridgehead atoms. The van der Waals surface area contributed by atoms with Crippen molar-refractivity contribution in [1.29, 1.82) is 0 Å². The van der Waals surface area contributed by atoms with E-state index in [1.54, 1.807) is 37.4 Å². The second-order valence-corrected chi connectivity index (χ2v) is 5.61. The molecule has 1 heterocycles. The van der Waals surface area contributed by atoms with Crippen LogP contribution in [0, 0.1) is 5.92 Å². The van der Waals surface area contributed by atoms with Crippen molar-refractivity contribution < 1.29 is 19.4 Å². The average Bonchev–Trinajstić information content (AvgIpc) is 2.54. The van der Waals surface area contributed by atoms with E-state index in [2.05, 4.69) is 0 Å². The minimum atomic E-state index is -0.497. The molecule has 3 rings (SSSR count). The lowest BCUT2D eigenvalue weighted by Crippen LogP contribution is -2.30. The summed E-state index contributed by atoms with van der Waals surface area (Å²) in [5, 5.41) is 8.98. The lowest BCUT2D eigenvalue weighted by atomic mass is 9.89. The summed E-state index contributed by atoms with van der Waals surface area (Å²) < 4.78 is 10.7. The van der Waals surface area contributed by atoms with E-state index in [-0.39, 0.29) is 18.1 Å². The van der Waals surface area contributed by atoms with Gasteiger partial charge in [-0.1, -0.05) is 18.2 Å². The molecule has 2 atom stereocenters. The number of ketones is 1. The van der Waals surface area contributed by atoms with Crippen LogP contribution in [-0.2, 0) is 0 Å². The Morgan fingerprint density at radius 1 is 1.32 bits per heavy atom. The maximum Gasteiger partial charge on any atom is 0.171 e. The Labute approximate surface area is 133 Å². The molecule has 22 heavy (non-hydrogen) atoms. The average molecular weight is 319 g/mol. The molecular formula is C17H15ClO4. The number of hydrogen-bond donors (Lipinski definition) is 1. The maximum atomic E-state index is 12.7. The predicted molar refractivity (Wildman–Crippen MR) is 83.0 cm³/mol. The number of rotatable bonds is 3. The highest BCUT2D eigenvalue weighted by Crippen LogP contribution is 2.42. The molecule has 0 aromatic heterocycles. The summed E-state index contributed by atoms with van der Waals surface area (Å²) in [4.78, 5) is 12.7. The molecule has 0 fully saturated rings. The SMILES string of the molecule is COc1cccc(C(=O)C2COc3cc(O)ccc3C2Cl)c1. The normalized spacial score (nSPS) is 19.9. The van der Waals surface area contributed by atoms with Crippen LogP contribution in [0.4, 0.5) is 0 Å². The summed E-state index contributed by atoms with van der Waals surface area (Å²) in [6.07, 6.45) is 0. The summed E-state index contributed by atoms with van der Waals surface area (Å²) in [7, 11) is 1.56. The van der Waals surface area contributed by atoms with Crippen LogP contribution in [0.3, 0.4) is 0 Å². The Balaban J connectivity index is 1.89. The van der Waals surface area contributed by atoms with Gasteiger partial charge in [-0.05, 0) is 18.2 Å². The van der Waals surface area contributed by atoms with E-state index in [9.17, 15) is 9.90 Å². The Bertz CT molecular complexity index is 714. The molecule has 0 amide bonds. The number of halogens is 1. The monoisotopic (exact) mass is 318 g/mol. The van der Waals surface area contributed by atoms with Crippen LogP contribution in [0.1, 0.15) is 21.3 Å². The molecule has 0 radical (unpaired) electrons.